The summed E-state index contributed by atoms with van der Waals surface area (Å²) >= 11 is 2.16. The molecule has 0 N–H and O–H groups in total. The third-order valence-corrected chi connectivity index (χ3v) is 6.37. The second-order valence-corrected chi connectivity index (χ2v) is 10.3. The number of rotatable bonds is 6. The molecular weight excluding hydrogens is 422 g/mol. The van der Waals surface area contributed by atoms with Crippen LogP contribution in [-0.4, -0.2) is 0 Å². The molecule has 3 rings (SSSR count). The maximum absolute atomic E-state index is 6.09. The van der Waals surface area contributed by atoms with Gasteiger partial charge in [-0.1, -0.05) is 0 Å². The zero-order chi connectivity index (χ0) is 16.0. The molecular formula is C18H16IO3P. The van der Waals surface area contributed by atoms with E-state index in [-0.39, 0.29) is 0 Å². The fourth-order valence-electron chi connectivity index (χ4n) is 1.95. The first-order valence-corrected chi connectivity index (χ1v) is 12.0. The van der Waals surface area contributed by atoms with Crippen LogP contribution in [0.5, 0.6) is 17.2 Å². The van der Waals surface area contributed by atoms with Crippen LogP contribution in [0.2, 0.25) is 0 Å². The van der Waals surface area contributed by atoms with Gasteiger partial charge in [0, 0.05) is 0 Å². The molecule has 0 fully saturated rings. The summed E-state index contributed by atoms with van der Waals surface area (Å²) in [4.78, 5) is 0. The molecule has 0 amide bonds. The Bertz CT molecular complexity index is 622. The topological polar surface area (TPSA) is 27.7 Å². The molecule has 0 atom stereocenters. The van der Waals surface area contributed by atoms with Gasteiger partial charge in [0.15, 0.2) is 0 Å². The molecule has 0 unspecified atom stereocenters. The van der Waals surface area contributed by atoms with Gasteiger partial charge in [0.25, 0.3) is 0 Å². The summed E-state index contributed by atoms with van der Waals surface area (Å²) in [5, 5.41) is 0. The third-order valence-electron chi connectivity index (χ3n) is 2.95. The van der Waals surface area contributed by atoms with Gasteiger partial charge in [0.2, 0.25) is 0 Å². The van der Waals surface area contributed by atoms with Crippen LogP contribution in [0.15, 0.2) is 91.0 Å². The van der Waals surface area contributed by atoms with Gasteiger partial charge in [-0.2, -0.15) is 0 Å². The van der Waals surface area contributed by atoms with Crippen LogP contribution in [0.1, 0.15) is 0 Å². The van der Waals surface area contributed by atoms with Gasteiger partial charge >= 0.3 is 149 Å². The molecule has 5 heteroatoms. The first-order valence-electron chi connectivity index (χ1n) is 7.15. The van der Waals surface area contributed by atoms with Gasteiger partial charge in [-0.05, 0) is 0 Å². The van der Waals surface area contributed by atoms with Crippen LogP contribution < -0.4 is 13.6 Å². The van der Waals surface area contributed by atoms with Gasteiger partial charge in [-0.15, -0.1) is 0 Å². The second kappa shape index (κ2) is 7.66. The van der Waals surface area contributed by atoms with E-state index in [1.54, 1.807) is 0 Å². The van der Waals surface area contributed by atoms with Crippen LogP contribution in [-0.2, 0) is 0 Å². The normalized spacial score (nSPS) is 11.5. The summed E-state index contributed by atoms with van der Waals surface area (Å²) in [6, 6.07) is 28.7. The molecule has 0 saturated carbocycles. The van der Waals surface area contributed by atoms with E-state index in [0.29, 0.717) is 0 Å². The van der Waals surface area contributed by atoms with Gasteiger partial charge in [-0.3, -0.25) is 0 Å². The summed E-state index contributed by atoms with van der Waals surface area (Å²) in [6.07, 6.45) is 0. The molecule has 0 saturated heterocycles. The van der Waals surface area contributed by atoms with E-state index in [1.807, 2.05) is 91.0 Å². The summed E-state index contributed by atoms with van der Waals surface area (Å²) < 4.78 is 18.3. The molecule has 0 aliphatic carbocycles. The van der Waals surface area contributed by atoms with Gasteiger partial charge in [0.1, 0.15) is 0 Å². The van der Waals surface area contributed by atoms with Crippen molar-refractivity contribution >= 4 is 27.6 Å². The number of para-hydroxylation sites is 3. The van der Waals surface area contributed by atoms with Gasteiger partial charge < -0.3 is 0 Å². The molecule has 0 radical (unpaired) electrons. The maximum atomic E-state index is 6.09. The van der Waals surface area contributed by atoms with E-state index < -0.39 is 5.59 Å². The molecule has 0 aromatic heterocycles. The van der Waals surface area contributed by atoms with E-state index in [2.05, 4.69) is 22.0 Å². The standard InChI is InChI=1S/C18H16IO3P/c19-23(20-16-10-4-1-5-11-16,21-17-12-6-2-7-13-17)22-18-14-8-3-9-15-18/h1-15,23H. The van der Waals surface area contributed by atoms with Crippen LogP contribution in [0.3, 0.4) is 0 Å². The van der Waals surface area contributed by atoms with E-state index in [0.717, 1.165) is 17.2 Å². The third kappa shape index (κ3) is 4.85. The van der Waals surface area contributed by atoms with Crippen molar-refractivity contribution < 1.29 is 13.6 Å². The van der Waals surface area contributed by atoms with Crippen molar-refractivity contribution in [1.29, 1.82) is 0 Å². The minimum atomic E-state index is -3.00. The summed E-state index contributed by atoms with van der Waals surface area (Å²) in [5.41, 5.74) is -3.00. The van der Waals surface area contributed by atoms with Crippen LogP contribution in [0.4, 0.5) is 0 Å². The molecule has 0 bridgehead atoms. The molecule has 3 aromatic rings. The molecule has 3 aromatic carbocycles. The summed E-state index contributed by atoms with van der Waals surface area (Å²) in [5.74, 6) is 2.17. The van der Waals surface area contributed by atoms with Gasteiger partial charge in [0.05, 0.1) is 0 Å². The van der Waals surface area contributed by atoms with Crippen molar-refractivity contribution in [3.05, 3.63) is 91.0 Å². The Hall–Kier alpha value is -1.78. The first kappa shape index (κ1) is 16.1. The average molecular weight is 438 g/mol. The van der Waals surface area contributed by atoms with Crippen LogP contribution in [0.25, 0.3) is 0 Å². The Kier molecular flexibility index (Phi) is 5.36. The van der Waals surface area contributed by atoms with Crippen molar-refractivity contribution in [2.24, 2.45) is 0 Å². The number of benzene rings is 3. The van der Waals surface area contributed by atoms with Crippen molar-refractivity contribution in [1.82, 2.24) is 0 Å². The molecule has 23 heavy (non-hydrogen) atoms. The first-order chi connectivity index (χ1) is 11.2. The Balaban J connectivity index is 1.85. The van der Waals surface area contributed by atoms with Crippen molar-refractivity contribution in [2.45, 2.75) is 0 Å². The molecule has 0 heterocycles. The molecule has 0 spiro atoms. The molecule has 3 nitrogen and oxygen atoms in total. The quantitative estimate of drug-likeness (QED) is 0.346. The predicted octanol–water partition coefficient (Wildman–Crippen LogP) is 6.07. The minimum absolute atomic E-state index is 0.723. The number of hydrogen-bond donors (Lipinski definition) is 0. The predicted molar refractivity (Wildman–Crippen MR) is 104 cm³/mol. The van der Waals surface area contributed by atoms with E-state index in [9.17, 15) is 0 Å². The van der Waals surface area contributed by atoms with Crippen LogP contribution >= 0.6 is 27.6 Å². The van der Waals surface area contributed by atoms with Gasteiger partial charge in [-0.25, -0.2) is 0 Å². The van der Waals surface area contributed by atoms with E-state index in [4.69, 9.17) is 13.6 Å². The van der Waals surface area contributed by atoms with Crippen molar-refractivity contribution in [3.8, 4) is 17.2 Å². The number of halogens is 1. The Morgan fingerprint density at radius 3 is 1.00 bits per heavy atom. The zero-order valence-electron chi connectivity index (χ0n) is 12.3. The van der Waals surface area contributed by atoms with Crippen molar-refractivity contribution in [2.75, 3.05) is 0 Å². The Morgan fingerprint density at radius 2 is 0.739 bits per heavy atom. The Labute approximate surface area is 149 Å². The summed E-state index contributed by atoms with van der Waals surface area (Å²) in [7, 11) is 0. The molecule has 118 valence electrons. The second-order valence-electron chi connectivity index (χ2n) is 4.73. The van der Waals surface area contributed by atoms with Crippen molar-refractivity contribution in [3.63, 3.8) is 0 Å². The van der Waals surface area contributed by atoms with E-state index in [1.165, 1.54) is 0 Å². The molecule has 0 aliphatic rings. The zero-order valence-corrected chi connectivity index (χ0v) is 15.4. The fraction of sp³-hybridized carbons (Fsp3) is 0. The monoisotopic (exact) mass is 438 g/mol. The number of hydrogen-bond acceptors (Lipinski definition) is 3. The Morgan fingerprint density at radius 1 is 0.478 bits per heavy atom. The SMILES string of the molecule is I[PH](Oc1ccccc1)(Oc1ccccc1)Oc1ccccc1. The average Bonchev–Trinajstić information content (AvgIpc) is 2.57. The van der Waals surface area contributed by atoms with E-state index >= 15 is 0 Å². The van der Waals surface area contributed by atoms with Crippen LogP contribution in [0, 0.1) is 0 Å². The molecule has 0 aliphatic heterocycles. The fourth-order valence-corrected chi connectivity index (χ4v) is 5.62. The summed E-state index contributed by atoms with van der Waals surface area (Å²) in [6.45, 7) is 0.